The van der Waals surface area contributed by atoms with Crippen LogP contribution in [0.1, 0.15) is 36.1 Å². The molecule has 0 aliphatic rings. The number of carbonyl (C=O) groups excluding carboxylic acids is 1. The van der Waals surface area contributed by atoms with Crippen molar-refractivity contribution in [3.8, 4) is 5.75 Å². The van der Waals surface area contributed by atoms with E-state index in [1.807, 2.05) is 43.3 Å². The number of carbonyl (C=O) groups is 1. The van der Waals surface area contributed by atoms with E-state index in [4.69, 9.17) is 16.3 Å². The highest BCUT2D eigenvalue weighted by Gasteiger charge is 2.14. The van der Waals surface area contributed by atoms with E-state index in [2.05, 4.69) is 18.3 Å². The molecule has 0 saturated heterocycles. The lowest BCUT2D eigenvalue weighted by molar-refractivity contribution is -0.119. The molecule has 0 heterocycles. The zero-order chi connectivity index (χ0) is 18.2. The summed E-state index contributed by atoms with van der Waals surface area (Å²) in [6, 6.07) is 13.8. The van der Waals surface area contributed by atoms with Crippen molar-refractivity contribution in [1.29, 1.82) is 0 Å². The Morgan fingerprint density at radius 3 is 2.72 bits per heavy atom. The predicted molar refractivity (Wildman–Crippen MR) is 107 cm³/mol. The van der Waals surface area contributed by atoms with E-state index >= 15 is 0 Å². The maximum atomic E-state index is 12.3. The molecule has 3 nitrogen and oxygen atoms in total. The van der Waals surface area contributed by atoms with Gasteiger partial charge < -0.3 is 10.1 Å². The third kappa shape index (κ3) is 5.98. The molecule has 1 atom stereocenters. The van der Waals surface area contributed by atoms with Crippen LogP contribution in [-0.2, 0) is 10.5 Å². The van der Waals surface area contributed by atoms with Crippen LogP contribution in [0.4, 0.5) is 0 Å². The van der Waals surface area contributed by atoms with Gasteiger partial charge in [-0.15, -0.1) is 11.8 Å². The number of hydrogen-bond donors (Lipinski definition) is 1. The Morgan fingerprint density at radius 2 is 2.08 bits per heavy atom. The normalized spacial score (nSPS) is 11.8. The van der Waals surface area contributed by atoms with Crippen molar-refractivity contribution >= 4 is 29.3 Å². The molecule has 0 aliphatic carbocycles. The molecule has 2 aromatic carbocycles. The molecule has 25 heavy (non-hydrogen) atoms. The standard InChI is InChI=1S/C20H24ClNO2S/c1-4-18(16-8-9-19(24-3)14(2)10-16)22-20(23)13-25-12-15-6-5-7-17(21)11-15/h5-11,18H,4,12-13H2,1-3H3,(H,22,23). The minimum atomic E-state index is 0.0175. The zero-order valence-corrected chi connectivity index (χ0v) is 16.4. The lowest BCUT2D eigenvalue weighted by atomic mass is 10.0. The van der Waals surface area contributed by atoms with Gasteiger partial charge in [-0.2, -0.15) is 0 Å². The van der Waals surface area contributed by atoms with Crippen LogP contribution in [0.25, 0.3) is 0 Å². The van der Waals surface area contributed by atoms with E-state index in [1.54, 1.807) is 18.9 Å². The van der Waals surface area contributed by atoms with Gasteiger partial charge in [-0.1, -0.05) is 42.8 Å². The summed E-state index contributed by atoms with van der Waals surface area (Å²) < 4.78 is 5.30. The average molecular weight is 378 g/mol. The SMILES string of the molecule is CCC(NC(=O)CSCc1cccc(Cl)c1)c1ccc(OC)c(C)c1. The van der Waals surface area contributed by atoms with E-state index in [0.717, 1.165) is 39.6 Å². The third-order valence-electron chi connectivity index (χ3n) is 3.96. The van der Waals surface area contributed by atoms with E-state index in [0.29, 0.717) is 5.75 Å². The molecule has 1 N–H and O–H groups in total. The Balaban J connectivity index is 1.88. The van der Waals surface area contributed by atoms with Crippen molar-refractivity contribution in [2.45, 2.75) is 32.1 Å². The fraction of sp³-hybridized carbons (Fsp3) is 0.350. The number of halogens is 1. The summed E-state index contributed by atoms with van der Waals surface area (Å²) in [7, 11) is 1.66. The molecular formula is C20H24ClNO2S. The molecule has 134 valence electrons. The van der Waals surface area contributed by atoms with Gasteiger partial charge >= 0.3 is 0 Å². The first kappa shape index (κ1) is 19.7. The molecule has 1 amide bonds. The number of nitrogens with one attached hydrogen (secondary N) is 1. The van der Waals surface area contributed by atoms with Gasteiger partial charge in [0.15, 0.2) is 0 Å². The van der Waals surface area contributed by atoms with E-state index in [-0.39, 0.29) is 11.9 Å². The smallest absolute Gasteiger partial charge is 0.230 e. The first-order valence-electron chi connectivity index (χ1n) is 8.29. The molecule has 0 bridgehead atoms. The van der Waals surface area contributed by atoms with Crippen LogP contribution >= 0.6 is 23.4 Å². The van der Waals surface area contributed by atoms with Crippen molar-refractivity contribution < 1.29 is 9.53 Å². The average Bonchev–Trinajstić information content (AvgIpc) is 2.59. The monoisotopic (exact) mass is 377 g/mol. The topological polar surface area (TPSA) is 38.3 Å². The molecule has 0 spiro atoms. The summed E-state index contributed by atoms with van der Waals surface area (Å²) in [5.74, 6) is 2.11. The summed E-state index contributed by atoms with van der Waals surface area (Å²) in [4.78, 5) is 12.3. The highest BCUT2D eigenvalue weighted by Crippen LogP contribution is 2.24. The molecule has 0 aromatic heterocycles. The molecule has 0 fully saturated rings. The summed E-state index contributed by atoms with van der Waals surface area (Å²) in [6.45, 7) is 4.08. The second-order valence-corrected chi connectivity index (χ2v) is 7.30. The Hall–Kier alpha value is -1.65. The van der Waals surface area contributed by atoms with E-state index in [1.165, 1.54) is 0 Å². The van der Waals surface area contributed by atoms with Crippen molar-refractivity contribution in [2.75, 3.05) is 12.9 Å². The molecule has 0 radical (unpaired) electrons. The van der Waals surface area contributed by atoms with Gasteiger partial charge in [-0.05, 0) is 48.2 Å². The van der Waals surface area contributed by atoms with Crippen molar-refractivity contribution in [1.82, 2.24) is 5.32 Å². The number of methoxy groups -OCH3 is 1. The molecule has 2 rings (SSSR count). The quantitative estimate of drug-likeness (QED) is 0.690. The van der Waals surface area contributed by atoms with Gasteiger partial charge in [0.2, 0.25) is 5.91 Å². The maximum Gasteiger partial charge on any atom is 0.230 e. The lowest BCUT2D eigenvalue weighted by Crippen LogP contribution is -2.29. The fourth-order valence-corrected chi connectivity index (χ4v) is 3.66. The van der Waals surface area contributed by atoms with Gasteiger partial charge in [0.25, 0.3) is 0 Å². The van der Waals surface area contributed by atoms with Gasteiger partial charge in [-0.25, -0.2) is 0 Å². The molecule has 0 aliphatic heterocycles. The van der Waals surface area contributed by atoms with Crippen LogP contribution in [-0.4, -0.2) is 18.8 Å². The van der Waals surface area contributed by atoms with Crippen LogP contribution in [0.15, 0.2) is 42.5 Å². The Kier molecular flexibility index (Phi) is 7.66. The van der Waals surface area contributed by atoms with E-state index < -0.39 is 0 Å². The molecule has 5 heteroatoms. The van der Waals surface area contributed by atoms with Crippen LogP contribution in [0.2, 0.25) is 5.02 Å². The number of rotatable bonds is 8. The largest absolute Gasteiger partial charge is 0.496 e. The summed E-state index contributed by atoms with van der Waals surface area (Å²) in [5, 5.41) is 3.84. The number of aryl methyl sites for hydroxylation is 1. The van der Waals surface area contributed by atoms with Gasteiger partial charge in [0, 0.05) is 10.8 Å². The Labute approximate surface area is 159 Å². The zero-order valence-electron chi connectivity index (χ0n) is 14.8. The molecule has 1 unspecified atom stereocenters. The molecule has 0 saturated carbocycles. The molecular weight excluding hydrogens is 354 g/mol. The van der Waals surface area contributed by atoms with Crippen molar-refractivity contribution in [2.24, 2.45) is 0 Å². The van der Waals surface area contributed by atoms with Gasteiger partial charge in [0.05, 0.1) is 18.9 Å². The van der Waals surface area contributed by atoms with Crippen LogP contribution in [0, 0.1) is 6.92 Å². The fourth-order valence-electron chi connectivity index (χ4n) is 2.66. The number of benzene rings is 2. The van der Waals surface area contributed by atoms with Gasteiger partial charge in [-0.3, -0.25) is 4.79 Å². The lowest BCUT2D eigenvalue weighted by Gasteiger charge is -2.19. The number of hydrogen-bond acceptors (Lipinski definition) is 3. The highest BCUT2D eigenvalue weighted by atomic mass is 35.5. The second-order valence-electron chi connectivity index (χ2n) is 5.88. The van der Waals surface area contributed by atoms with Gasteiger partial charge in [0.1, 0.15) is 5.75 Å². The third-order valence-corrected chi connectivity index (χ3v) is 5.19. The van der Waals surface area contributed by atoms with Crippen LogP contribution in [0.5, 0.6) is 5.75 Å². The van der Waals surface area contributed by atoms with Crippen molar-refractivity contribution in [3.05, 3.63) is 64.2 Å². The first-order chi connectivity index (χ1) is 12.0. The van der Waals surface area contributed by atoms with Crippen LogP contribution < -0.4 is 10.1 Å². The van der Waals surface area contributed by atoms with Crippen molar-refractivity contribution in [3.63, 3.8) is 0 Å². The summed E-state index contributed by atoms with van der Waals surface area (Å²) >= 11 is 7.57. The summed E-state index contributed by atoms with van der Waals surface area (Å²) in [6.07, 6.45) is 0.844. The second kappa shape index (κ2) is 9.73. The number of amides is 1. The Bertz CT molecular complexity index is 721. The number of thioether (sulfide) groups is 1. The minimum Gasteiger partial charge on any atom is -0.496 e. The molecule has 2 aromatic rings. The summed E-state index contributed by atoms with van der Waals surface area (Å²) in [5.41, 5.74) is 3.31. The first-order valence-corrected chi connectivity index (χ1v) is 9.82. The Morgan fingerprint density at radius 1 is 1.28 bits per heavy atom. The maximum absolute atomic E-state index is 12.3. The number of ether oxygens (including phenoxy) is 1. The van der Waals surface area contributed by atoms with E-state index in [9.17, 15) is 4.79 Å². The highest BCUT2D eigenvalue weighted by molar-refractivity contribution is 7.99. The minimum absolute atomic E-state index is 0.0175. The van der Waals surface area contributed by atoms with Crippen LogP contribution in [0.3, 0.4) is 0 Å². The predicted octanol–water partition coefficient (Wildman–Crippen LogP) is 5.16.